The Morgan fingerprint density at radius 2 is 0.925 bits per heavy atom. The van der Waals surface area contributed by atoms with Crippen molar-refractivity contribution in [3.63, 3.8) is 0 Å². The monoisotopic (exact) mass is 562 g/mol. The number of aliphatic hydroxyl groups excluding tert-OH is 2. The van der Waals surface area contributed by atoms with E-state index in [4.69, 9.17) is 20.4 Å². The SMILES string of the molecule is CC(C)(C)c1cc(CCC(=O)O)ccc1O.CC(C)(C)c1cc(CCC(=O)O)ccc1O.OCCCCCCO. The maximum atomic E-state index is 10.5. The summed E-state index contributed by atoms with van der Waals surface area (Å²) in [5.41, 5.74) is 3.34. The Morgan fingerprint density at radius 1 is 0.600 bits per heavy atom. The molecule has 0 spiro atoms. The molecular weight excluding hydrogens is 512 g/mol. The van der Waals surface area contributed by atoms with Crippen LogP contribution in [0.4, 0.5) is 0 Å². The topological polar surface area (TPSA) is 156 Å². The number of carboxylic acid groups (broad SMARTS) is 2. The van der Waals surface area contributed by atoms with Gasteiger partial charge in [0.2, 0.25) is 0 Å². The number of aryl methyl sites for hydroxylation is 2. The van der Waals surface area contributed by atoms with E-state index in [9.17, 15) is 19.8 Å². The van der Waals surface area contributed by atoms with Gasteiger partial charge in [-0.3, -0.25) is 9.59 Å². The molecule has 0 fully saturated rings. The standard InChI is InChI=1S/2C13H18O3.C6H14O2/c2*1-13(2,3)10-8-9(4-6-11(10)14)5-7-12(15)16;7-5-3-1-2-4-6-8/h2*4,6,8,14H,5,7H2,1-3H3,(H,15,16);7-8H,1-6H2. The van der Waals surface area contributed by atoms with Crippen molar-refractivity contribution in [1.29, 1.82) is 0 Å². The van der Waals surface area contributed by atoms with E-state index in [0.29, 0.717) is 12.8 Å². The van der Waals surface area contributed by atoms with E-state index in [1.807, 2.05) is 53.7 Å². The molecule has 40 heavy (non-hydrogen) atoms. The lowest BCUT2D eigenvalue weighted by atomic mass is 9.85. The fourth-order valence-electron chi connectivity index (χ4n) is 3.76. The molecule has 2 rings (SSSR count). The van der Waals surface area contributed by atoms with Gasteiger partial charge in [0.15, 0.2) is 0 Å². The third-order valence-electron chi connectivity index (χ3n) is 6.06. The molecule has 0 radical (unpaired) electrons. The van der Waals surface area contributed by atoms with Gasteiger partial charge in [0, 0.05) is 26.1 Å². The van der Waals surface area contributed by atoms with Crippen LogP contribution in [0, 0.1) is 0 Å². The van der Waals surface area contributed by atoms with Crippen molar-refractivity contribution in [2.24, 2.45) is 0 Å². The molecule has 226 valence electrons. The average molecular weight is 563 g/mol. The Bertz CT molecular complexity index is 949. The minimum Gasteiger partial charge on any atom is -0.508 e. The molecule has 0 aliphatic rings. The van der Waals surface area contributed by atoms with Crippen LogP contribution in [-0.2, 0) is 33.3 Å². The maximum Gasteiger partial charge on any atom is 0.303 e. The van der Waals surface area contributed by atoms with Crippen LogP contribution < -0.4 is 0 Å². The van der Waals surface area contributed by atoms with Crippen LogP contribution in [0.3, 0.4) is 0 Å². The molecule has 0 heterocycles. The van der Waals surface area contributed by atoms with E-state index in [2.05, 4.69) is 0 Å². The van der Waals surface area contributed by atoms with Crippen molar-refractivity contribution in [1.82, 2.24) is 0 Å². The summed E-state index contributed by atoms with van der Waals surface area (Å²) in [5, 5.41) is 53.3. The van der Waals surface area contributed by atoms with Crippen molar-refractivity contribution in [2.45, 2.75) is 104 Å². The van der Waals surface area contributed by atoms with Gasteiger partial charge < -0.3 is 30.6 Å². The van der Waals surface area contributed by atoms with Gasteiger partial charge in [0.25, 0.3) is 0 Å². The predicted octanol–water partition coefficient (Wildman–Crippen LogP) is 5.95. The van der Waals surface area contributed by atoms with Crippen LogP contribution in [0.25, 0.3) is 0 Å². The Morgan fingerprint density at radius 3 is 1.18 bits per heavy atom. The van der Waals surface area contributed by atoms with Crippen LogP contribution in [0.5, 0.6) is 11.5 Å². The summed E-state index contributed by atoms with van der Waals surface area (Å²) in [4.78, 5) is 20.9. The molecule has 2 aromatic rings. The van der Waals surface area contributed by atoms with Crippen LogP contribution in [-0.4, -0.2) is 55.8 Å². The molecule has 2 aromatic carbocycles. The van der Waals surface area contributed by atoms with Gasteiger partial charge in [-0.15, -0.1) is 0 Å². The molecule has 0 bridgehead atoms. The van der Waals surface area contributed by atoms with Crippen molar-refractivity contribution in [2.75, 3.05) is 13.2 Å². The van der Waals surface area contributed by atoms with Gasteiger partial charge in [0.05, 0.1) is 0 Å². The smallest absolute Gasteiger partial charge is 0.303 e. The van der Waals surface area contributed by atoms with Crippen LogP contribution in [0.15, 0.2) is 36.4 Å². The molecule has 0 saturated carbocycles. The van der Waals surface area contributed by atoms with E-state index in [1.54, 1.807) is 24.3 Å². The zero-order chi connectivity index (χ0) is 30.9. The molecule has 8 heteroatoms. The fraction of sp³-hybridized carbons (Fsp3) is 0.562. The summed E-state index contributed by atoms with van der Waals surface area (Å²) in [6.07, 6.45) is 5.06. The Kier molecular flexibility index (Phi) is 16.9. The highest BCUT2D eigenvalue weighted by atomic mass is 16.4. The normalized spacial score (nSPS) is 11.1. The zero-order valence-corrected chi connectivity index (χ0v) is 25.0. The van der Waals surface area contributed by atoms with E-state index >= 15 is 0 Å². The first kappa shape index (κ1) is 36.9. The molecule has 0 saturated heterocycles. The Hall–Kier alpha value is -3.10. The van der Waals surface area contributed by atoms with Crippen molar-refractivity contribution in [3.05, 3.63) is 58.7 Å². The molecule has 0 aliphatic heterocycles. The first-order valence-corrected chi connectivity index (χ1v) is 13.8. The van der Waals surface area contributed by atoms with Gasteiger partial charge in [-0.2, -0.15) is 0 Å². The maximum absolute atomic E-state index is 10.5. The molecule has 6 N–H and O–H groups in total. The van der Waals surface area contributed by atoms with Crippen LogP contribution in [0.2, 0.25) is 0 Å². The number of benzene rings is 2. The number of carbonyl (C=O) groups is 2. The van der Waals surface area contributed by atoms with Gasteiger partial charge >= 0.3 is 11.9 Å². The Labute approximate surface area is 239 Å². The minimum atomic E-state index is -0.801. The number of hydrogen-bond donors (Lipinski definition) is 6. The zero-order valence-electron chi connectivity index (χ0n) is 25.0. The number of rotatable bonds is 11. The third-order valence-corrected chi connectivity index (χ3v) is 6.06. The molecule has 0 amide bonds. The second kappa shape index (κ2) is 18.3. The fourth-order valence-corrected chi connectivity index (χ4v) is 3.76. The molecular formula is C32H50O8. The first-order valence-electron chi connectivity index (χ1n) is 13.8. The van der Waals surface area contributed by atoms with E-state index < -0.39 is 11.9 Å². The lowest BCUT2D eigenvalue weighted by molar-refractivity contribution is -0.138. The first-order chi connectivity index (χ1) is 18.5. The average Bonchev–Trinajstić information content (AvgIpc) is 2.85. The number of hydrogen-bond acceptors (Lipinski definition) is 6. The molecule has 8 nitrogen and oxygen atoms in total. The van der Waals surface area contributed by atoms with Gasteiger partial charge in [0.1, 0.15) is 11.5 Å². The number of aliphatic carboxylic acids is 2. The summed E-state index contributed by atoms with van der Waals surface area (Å²) in [6, 6.07) is 10.6. The number of carboxylic acids is 2. The number of phenols is 2. The lowest BCUT2D eigenvalue weighted by Crippen LogP contribution is -2.12. The number of unbranched alkanes of at least 4 members (excludes halogenated alkanes) is 3. The summed E-state index contributed by atoms with van der Waals surface area (Å²) in [5.74, 6) is -1.06. The number of phenolic OH excluding ortho intramolecular Hbond substituents is 2. The Balaban J connectivity index is 0.000000605. The van der Waals surface area contributed by atoms with Crippen LogP contribution >= 0.6 is 0 Å². The molecule has 0 aromatic heterocycles. The summed E-state index contributed by atoms with van der Waals surface area (Å²) in [7, 11) is 0. The quantitative estimate of drug-likeness (QED) is 0.184. The van der Waals surface area contributed by atoms with Gasteiger partial charge in [-0.1, -0.05) is 78.6 Å². The highest BCUT2D eigenvalue weighted by Crippen LogP contribution is 2.32. The second-order valence-electron chi connectivity index (χ2n) is 11.9. The summed E-state index contributed by atoms with van der Waals surface area (Å²) in [6.45, 7) is 12.7. The van der Waals surface area contributed by atoms with Crippen molar-refractivity contribution in [3.8, 4) is 11.5 Å². The summed E-state index contributed by atoms with van der Waals surface area (Å²) < 4.78 is 0. The molecule has 0 atom stereocenters. The molecule has 0 unspecified atom stereocenters. The summed E-state index contributed by atoms with van der Waals surface area (Å²) >= 11 is 0. The van der Waals surface area contributed by atoms with E-state index in [0.717, 1.165) is 47.9 Å². The highest BCUT2D eigenvalue weighted by Gasteiger charge is 2.19. The van der Waals surface area contributed by atoms with Gasteiger partial charge in [-0.25, -0.2) is 0 Å². The number of aromatic hydroxyl groups is 2. The molecule has 0 aliphatic carbocycles. The third kappa shape index (κ3) is 16.1. The van der Waals surface area contributed by atoms with E-state index in [-0.39, 0.29) is 48.4 Å². The lowest BCUT2D eigenvalue weighted by Gasteiger charge is -2.21. The second-order valence-corrected chi connectivity index (χ2v) is 11.9. The largest absolute Gasteiger partial charge is 0.508 e. The highest BCUT2D eigenvalue weighted by molar-refractivity contribution is 5.67. The van der Waals surface area contributed by atoms with Crippen LogP contribution in [0.1, 0.15) is 102 Å². The minimum absolute atomic E-state index is 0.119. The predicted molar refractivity (Wildman–Crippen MR) is 158 cm³/mol. The van der Waals surface area contributed by atoms with Crippen molar-refractivity contribution >= 4 is 11.9 Å². The number of aliphatic hydroxyl groups is 2. The van der Waals surface area contributed by atoms with Crippen molar-refractivity contribution < 1.29 is 40.2 Å². The van der Waals surface area contributed by atoms with Gasteiger partial charge in [-0.05, 0) is 70.9 Å². The van der Waals surface area contributed by atoms with E-state index in [1.165, 1.54) is 0 Å².